The predicted molar refractivity (Wildman–Crippen MR) is 104 cm³/mol. The van der Waals surface area contributed by atoms with Gasteiger partial charge >= 0.3 is 0 Å². The zero-order chi connectivity index (χ0) is 18.8. The third-order valence-electron chi connectivity index (χ3n) is 4.33. The third kappa shape index (κ3) is 3.35. The Morgan fingerprint density at radius 1 is 0.963 bits per heavy atom. The molecule has 0 fully saturated rings. The van der Waals surface area contributed by atoms with E-state index in [1.807, 2.05) is 43.3 Å². The summed E-state index contributed by atoms with van der Waals surface area (Å²) in [6, 6.07) is 16.6. The number of nitrogens with one attached hydrogen (secondary N) is 1. The second-order valence-corrected chi connectivity index (χ2v) is 6.30. The summed E-state index contributed by atoms with van der Waals surface area (Å²) in [6.45, 7) is 1.99. The van der Waals surface area contributed by atoms with E-state index in [1.54, 1.807) is 24.4 Å². The van der Waals surface area contributed by atoms with Crippen LogP contribution in [0.5, 0.6) is 11.6 Å². The number of ether oxygens (including phenoxy) is 1. The lowest BCUT2D eigenvalue weighted by Gasteiger charge is -2.08. The Morgan fingerprint density at radius 2 is 1.78 bits per heavy atom. The number of aromatic nitrogens is 2. The summed E-state index contributed by atoms with van der Waals surface area (Å²) in [5.74, 6) is 0.882. The van der Waals surface area contributed by atoms with Crippen molar-refractivity contribution in [3.8, 4) is 22.9 Å². The molecule has 0 aliphatic carbocycles. The molecule has 0 aliphatic rings. The van der Waals surface area contributed by atoms with Gasteiger partial charge in [0.1, 0.15) is 12.0 Å². The van der Waals surface area contributed by atoms with E-state index in [0.29, 0.717) is 16.9 Å². The molecule has 0 bridgehead atoms. The Bertz CT molecular complexity index is 1140. The Labute approximate surface area is 155 Å². The molecule has 5 heteroatoms. The molecular weight excluding hydrogens is 340 g/mol. The molecule has 2 aromatic carbocycles. The summed E-state index contributed by atoms with van der Waals surface area (Å²) in [5.41, 5.74) is 4.51. The number of benzene rings is 2. The molecule has 0 spiro atoms. The van der Waals surface area contributed by atoms with Gasteiger partial charge in [0.05, 0.1) is 5.56 Å². The minimum absolute atomic E-state index is 0.261. The molecule has 1 N–H and O–H groups in total. The maximum absolute atomic E-state index is 11.5. The normalized spacial score (nSPS) is 10.7. The van der Waals surface area contributed by atoms with Crippen LogP contribution in [0.2, 0.25) is 0 Å². The number of H-pyrrole nitrogens is 1. The average molecular weight is 356 g/mol. The number of fused-ring (bicyclic) bond motifs is 1. The highest BCUT2D eigenvalue weighted by Crippen LogP contribution is 2.29. The molecular formula is C22H16N2O3. The molecule has 0 unspecified atom stereocenters. The fraction of sp³-hybridized carbons (Fsp3) is 0.0455. The van der Waals surface area contributed by atoms with Crippen LogP contribution in [0.1, 0.15) is 26.3 Å². The highest BCUT2D eigenvalue weighted by Gasteiger charge is 2.11. The minimum Gasteiger partial charge on any atom is -0.438 e. The van der Waals surface area contributed by atoms with Gasteiger partial charge in [-0.15, -0.1) is 0 Å². The van der Waals surface area contributed by atoms with E-state index in [4.69, 9.17) is 4.74 Å². The predicted octanol–water partition coefficient (Wildman–Crippen LogP) is 4.96. The largest absolute Gasteiger partial charge is 0.438 e. The van der Waals surface area contributed by atoms with Crippen LogP contribution in [-0.2, 0) is 0 Å². The van der Waals surface area contributed by atoms with Gasteiger partial charge in [0.15, 0.2) is 6.29 Å². The van der Waals surface area contributed by atoms with Crippen molar-refractivity contribution in [3.63, 3.8) is 0 Å². The van der Waals surface area contributed by atoms with E-state index in [2.05, 4.69) is 9.97 Å². The molecule has 0 amide bonds. The standard InChI is InChI=1S/C22H16N2O3/c1-14-2-6-19(7-3-14)27-22-18(13-26)9-17(11-23-22)21-10-16-5-4-15(12-25)8-20(16)24-21/h2-13,24H,1H3. The first kappa shape index (κ1) is 16.7. The molecule has 0 saturated carbocycles. The van der Waals surface area contributed by atoms with Gasteiger partial charge in [-0.25, -0.2) is 4.98 Å². The van der Waals surface area contributed by atoms with Gasteiger partial charge in [-0.3, -0.25) is 9.59 Å². The molecule has 2 heterocycles. The number of nitrogens with zero attached hydrogens (tertiary/aromatic N) is 1. The maximum Gasteiger partial charge on any atom is 0.229 e. The smallest absolute Gasteiger partial charge is 0.229 e. The van der Waals surface area contributed by atoms with Crippen LogP contribution in [-0.4, -0.2) is 22.5 Å². The Hall–Kier alpha value is -3.73. The van der Waals surface area contributed by atoms with Gasteiger partial charge in [-0.1, -0.05) is 29.8 Å². The Morgan fingerprint density at radius 3 is 2.52 bits per heavy atom. The topological polar surface area (TPSA) is 72.0 Å². The summed E-state index contributed by atoms with van der Waals surface area (Å²) in [7, 11) is 0. The molecule has 0 radical (unpaired) electrons. The van der Waals surface area contributed by atoms with Gasteiger partial charge in [0.25, 0.3) is 0 Å². The maximum atomic E-state index is 11.5. The summed E-state index contributed by atoms with van der Waals surface area (Å²) < 4.78 is 5.74. The summed E-state index contributed by atoms with van der Waals surface area (Å²) in [5, 5.41) is 0.975. The molecule has 2 aromatic heterocycles. The number of carbonyl (C=O) groups excluding carboxylic acids is 2. The quantitative estimate of drug-likeness (QED) is 0.513. The van der Waals surface area contributed by atoms with Crippen LogP contribution in [0.15, 0.2) is 60.8 Å². The zero-order valence-electron chi connectivity index (χ0n) is 14.6. The molecule has 132 valence electrons. The lowest BCUT2D eigenvalue weighted by atomic mass is 10.1. The van der Waals surface area contributed by atoms with Crippen LogP contribution in [0.25, 0.3) is 22.2 Å². The number of aryl methyl sites for hydroxylation is 1. The number of aromatic amines is 1. The fourth-order valence-electron chi connectivity index (χ4n) is 2.88. The van der Waals surface area contributed by atoms with Gasteiger partial charge in [0, 0.05) is 33.9 Å². The van der Waals surface area contributed by atoms with Crippen LogP contribution < -0.4 is 4.74 Å². The number of hydrogen-bond donors (Lipinski definition) is 1. The molecule has 0 aliphatic heterocycles. The van der Waals surface area contributed by atoms with E-state index < -0.39 is 0 Å². The van der Waals surface area contributed by atoms with E-state index in [9.17, 15) is 9.59 Å². The van der Waals surface area contributed by atoms with Crippen molar-refractivity contribution in [2.24, 2.45) is 0 Å². The third-order valence-corrected chi connectivity index (χ3v) is 4.33. The van der Waals surface area contributed by atoms with Gasteiger partial charge in [-0.2, -0.15) is 0 Å². The second kappa shape index (κ2) is 6.88. The highest BCUT2D eigenvalue weighted by atomic mass is 16.5. The molecule has 5 nitrogen and oxygen atoms in total. The molecule has 4 aromatic rings. The van der Waals surface area contributed by atoms with Crippen molar-refractivity contribution in [2.75, 3.05) is 0 Å². The monoisotopic (exact) mass is 356 g/mol. The van der Waals surface area contributed by atoms with Crippen molar-refractivity contribution in [1.29, 1.82) is 0 Å². The van der Waals surface area contributed by atoms with E-state index in [-0.39, 0.29) is 5.88 Å². The highest BCUT2D eigenvalue weighted by molar-refractivity contribution is 5.91. The number of rotatable bonds is 5. The van der Waals surface area contributed by atoms with Crippen molar-refractivity contribution < 1.29 is 14.3 Å². The van der Waals surface area contributed by atoms with Crippen molar-refractivity contribution >= 4 is 23.5 Å². The van der Waals surface area contributed by atoms with Crippen molar-refractivity contribution in [3.05, 3.63) is 77.5 Å². The van der Waals surface area contributed by atoms with Crippen LogP contribution in [0, 0.1) is 6.92 Å². The van der Waals surface area contributed by atoms with Crippen LogP contribution >= 0.6 is 0 Å². The lowest BCUT2D eigenvalue weighted by Crippen LogP contribution is -1.95. The molecule has 0 atom stereocenters. The van der Waals surface area contributed by atoms with E-state index in [1.165, 1.54) is 0 Å². The number of aldehydes is 2. The first-order valence-corrected chi connectivity index (χ1v) is 8.44. The molecule has 27 heavy (non-hydrogen) atoms. The number of carbonyl (C=O) groups is 2. The van der Waals surface area contributed by atoms with Gasteiger partial charge in [-0.05, 0) is 37.3 Å². The van der Waals surface area contributed by atoms with Crippen LogP contribution in [0.4, 0.5) is 0 Å². The van der Waals surface area contributed by atoms with E-state index in [0.717, 1.165) is 40.3 Å². The van der Waals surface area contributed by atoms with Gasteiger partial charge < -0.3 is 9.72 Å². The first-order valence-electron chi connectivity index (χ1n) is 8.44. The summed E-state index contributed by atoms with van der Waals surface area (Å²) in [4.78, 5) is 30.1. The molecule has 0 saturated heterocycles. The van der Waals surface area contributed by atoms with Crippen LogP contribution in [0.3, 0.4) is 0 Å². The van der Waals surface area contributed by atoms with Gasteiger partial charge in [0.2, 0.25) is 5.88 Å². The second-order valence-electron chi connectivity index (χ2n) is 6.30. The Kier molecular flexibility index (Phi) is 4.26. The number of pyridine rings is 1. The fourth-order valence-corrected chi connectivity index (χ4v) is 2.88. The van der Waals surface area contributed by atoms with Crippen molar-refractivity contribution in [1.82, 2.24) is 9.97 Å². The lowest BCUT2D eigenvalue weighted by molar-refractivity contribution is 0.111. The zero-order valence-corrected chi connectivity index (χ0v) is 14.6. The average Bonchev–Trinajstić information content (AvgIpc) is 3.13. The Balaban J connectivity index is 1.69. The van der Waals surface area contributed by atoms with Crippen molar-refractivity contribution in [2.45, 2.75) is 6.92 Å². The SMILES string of the molecule is Cc1ccc(Oc2ncc(-c3cc4ccc(C=O)cc4[nH]3)cc2C=O)cc1. The summed E-state index contributed by atoms with van der Waals surface area (Å²) >= 11 is 0. The summed E-state index contributed by atoms with van der Waals surface area (Å²) in [6.07, 6.45) is 3.19. The minimum atomic E-state index is 0.261. The van der Waals surface area contributed by atoms with E-state index >= 15 is 0 Å². The first-order chi connectivity index (χ1) is 13.2. The number of hydrogen-bond acceptors (Lipinski definition) is 4. The molecule has 4 rings (SSSR count).